The second kappa shape index (κ2) is 6.22. The Morgan fingerprint density at radius 3 is 1.94 bits per heavy atom. The molecule has 0 heterocycles. The molecule has 17 heavy (non-hydrogen) atoms. The van der Waals surface area contributed by atoms with Gasteiger partial charge in [-0.25, -0.2) is 0 Å². The van der Waals surface area contributed by atoms with Crippen molar-refractivity contribution in [2.45, 2.75) is 20.8 Å². The van der Waals surface area contributed by atoms with Gasteiger partial charge in [0.25, 0.3) is 0 Å². The van der Waals surface area contributed by atoms with Gasteiger partial charge in [0.1, 0.15) is 0 Å². The molecule has 0 aliphatic heterocycles. The maximum Gasteiger partial charge on any atom is 0.241 e. The molecule has 0 fully saturated rings. The van der Waals surface area contributed by atoms with Gasteiger partial charge in [-0.3, -0.25) is 14.4 Å². The SMILES string of the molecule is CN(C)C(=O)CNC(=O)CNC(=O)C(C)(C)C. The Morgan fingerprint density at radius 1 is 1.00 bits per heavy atom. The molecule has 0 saturated heterocycles. The summed E-state index contributed by atoms with van der Waals surface area (Å²) in [5.74, 6) is -0.773. The molecule has 2 N–H and O–H groups in total. The van der Waals surface area contributed by atoms with Crippen LogP contribution < -0.4 is 10.6 Å². The molecule has 0 aromatic heterocycles. The molecule has 0 unspecified atom stereocenters. The van der Waals surface area contributed by atoms with E-state index in [2.05, 4.69) is 10.6 Å². The van der Waals surface area contributed by atoms with E-state index in [1.54, 1.807) is 34.9 Å². The molecule has 0 atom stereocenters. The van der Waals surface area contributed by atoms with Crippen molar-refractivity contribution in [3.05, 3.63) is 0 Å². The van der Waals surface area contributed by atoms with Gasteiger partial charge in [0.15, 0.2) is 0 Å². The van der Waals surface area contributed by atoms with E-state index in [0.29, 0.717) is 0 Å². The third kappa shape index (κ3) is 6.55. The highest BCUT2D eigenvalue weighted by Crippen LogP contribution is 2.11. The molecule has 0 spiro atoms. The van der Waals surface area contributed by atoms with Gasteiger partial charge < -0.3 is 15.5 Å². The van der Waals surface area contributed by atoms with Crippen molar-refractivity contribution in [2.24, 2.45) is 5.41 Å². The van der Waals surface area contributed by atoms with E-state index in [0.717, 1.165) is 0 Å². The van der Waals surface area contributed by atoms with Gasteiger partial charge in [0.2, 0.25) is 17.7 Å². The summed E-state index contributed by atoms with van der Waals surface area (Å²) in [5, 5.41) is 4.93. The minimum Gasteiger partial charge on any atom is -0.347 e. The molecule has 6 heteroatoms. The first-order chi connectivity index (χ1) is 7.64. The highest BCUT2D eigenvalue weighted by Gasteiger charge is 2.21. The minimum absolute atomic E-state index is 0.0583. The summed E-state index contributed by atoms with van der Waals surface area (Å²) in [4.78, 5) is 35.3. The van der Waals surface area contributed by atoms with Crippen LogP contribution in [0.25, 0.3) is 0 Å². The van der Waals surface area contributed by atoms with Gasteiger partial charge in [-0.05, 0) is 0 Å². The summed E-state index contributed by atoms with van der Waals surface area (Å²) in [6, 6.07) is 0. The van der Waals surface area contributed by atoms with Crippen molar-refractivity contribution in [1.82, 2.24) is 15.5 Å². The quantitative estimate of drug-likeness (QED) is 0.689. The number of likely N-dealkylation sites (N-methyl/N-ethyl adjacent to an activating group) is 1. The van der Waals surface area contributed by atoms with E-state index in [1.807, 2.05) is 0 Å². The topological polar surface area (TPSA) is 78.5 Å². The van der Waals surface area contributed by atoms with Crippen LogP contribution in [0.2, 0.25) is 0 Å². The lowest BCUT2D eigenvalue weighted by Crippen LogP contribution is -2.44. The van der Waals surface area contributed by atoms with Crippen LogP contribution in [0.4, 0.5) is 0 Å². The average Bonchev–Trinajstić information content (AvgIpc) is 2.20. The third-order valence-corrected chi connectivity index (χ3v) is 2.03. The van der Waals surface area contributed by atoms with E-state index >= 15 is 0 Å². The fourth-order valence-corrected chi connectivity index (χ4v) is 0.821. The molecule has 0 radical (unpaired) electrons. The van der Waals surface area contributed by atoms with Crippen molar-refractivity contribution in [2.75, 3.05) is 27.2 Å². The number of rotatable bonds is 4. The monoisotopic (exact) mass is 243 g/mol. The van der Waals surface area contributed by atoms with Gasteiger partial charge in [0, 0.05) is 19.5 Å². The molecule has 98 valence electrons. The third-order valence-electron chi connectivity index (χ3n) is 2.03. The Morgan fingerprint density at radius 2 is 1.53 bits per heavy atom. The fraction of sp³-hybridized carbons (Fsp3) is 0.727. The Hall–Kier alpha value is -1.59. The van der Waals surface area contributed by atoms with Gasteiger partial charge in [-0.1, -0.05) is 20.8 Å². The predicted octanol–water partition coefficient (Wildman–Crippen LogP) is -0.647. The number of carbonyl (C=O) groups excluding carboxylic acids is 3. The molecule has 0 bridgehead atoms. The number of carbonyl (C=O) groups is 3. The van der Waals surface area contributed by atoms with Crippen LogP contribution in [-0.4, -0.2) is 49.8 Å². The maximum absolute atomic E-state index is 11.4. The first-order valence-electron chi connectivity index (χ1n) is 5.39. The lowest BCUT2D eigenvalue weighted by molar-refractivity contribution is -0.132. The zero-order chi connectivity index (χ0) is 13.6. The van der Waals surface area contributed by atoms with Gasteiger partial charge in [-0.2, -0.15) is 0 Å². The summed E-state index contributed by atoms with van der Waals surface area (Å²) in [6.45, 7) is 5.11. The van der Waals surface area contributed by atoms with Crippen molar-refractivity contribution >= 4 is 17.7 Å². The Bertz CT molecular complexity index is 306. The van der Waals surface area contributed by atoms with Crippen LogP contribution in [0.3, 0.4) is 0 Å². The van der Waals surface area contributed by atoms with E-state index in [4.69, 9.17) is 0 Å². The first-order valence-corrected chi connectivity index (χ1v) is 5.39. The Balaban J connectivity index is 3.90. The van der Waals surface area contributed by atoms with Crippen molar-refractivity contribution in [3.8, 4) is 0 Å². The summed E-state index contributed by atoms with van der Waals surface area (Å²) in [6.07, 6.45) is 0. The molecule has 0 saturated carbocycles. The van der Waals surface area contributed by atoms with Gasteiger partial charge in [-0.15, -0.1) is 0 Å². The second-order valence-electron chi connectivity index (χ2n) is 5.00. The molecule has 0 aliphatic rings. The van der Waals surface area contributed by atoms with Crippen LogP contribution in [0.15, 0.2) is 0 Å². The first kappa shape index (κ1) is 15.4. The van der Waals surface area contributed by atoms with Crippen molar-refractivity contribution in [3.63, 3.8) is 0 Å². The lowest BCUT2D eigenvalue weighted by atomic mass is 9.96. The molecular formula is C11H21N3O3. The van der Waals surface area contributed by atoms with Gasteiger partial charge >= 0.3 is 0 Å². The lowest BCUT2D eigenvalue weighted by Gasteiger charge is -2.17. The summed E-state index contributed by atoms with van der Waals surface area (Å²) < 4.78 is 0. The van der Waals surface area contributed by atoms with Crippen LogP contribution >= 0.6 is 0 Å². The minimum atomic E-state index is -0.528. The molecule has 0 aliphatic carbocycles. The molecule has 3 amide bonds. The highest BCUT2D eigenvalue weighted by molar-refractivity contribution is 5.89. The normalized spacial score (nSPS) is 10.6. The molecule has 0 rings (SSSR count). The van der Waals surface area contributed by atoms with Crippen LogP contribution in [-0.2, 0) is 14.4 Å². The second-order valence-corrected chi connectivity index (χ2v) is 5.00. The van der Waals surface area contributed by atoms with Crippen LogP contribution in [0.1, 0.15) is 20.8 Å². The molecule has 0 aromatic rings. The highest BCUT2D eigenvalue weighted by atomic mass is 16.2. The summed E-state index contributed by atoms with van der Waals surface area (Å²) in [7, 11) is 3.21. The van der Waals surface area contributed by atoms with Crippen LogP contribution in [0.5, 0.6) is 0 Å². The van der Waals surface area contributed by atoms with Crippen molar-refractivity contribution < 1.29 is 14.4 Å². The number of nitrogens with one attached hydrogen (secondary N) is 2. The average molecular weight is 243 g/mol. The molecular weight excluding hydrogens is 222 g/mol. The van der Waals surface area contributed by atoms with Crippen LogP contribution in [0, 0.1) is 5.41 Å². The smallest absolute Gasteiger partial charge is 0.241 e. The number of hydrogen-bond acceptors (Lipinski definition) is 3. The Kier molecular flexibility index (Phi) is 5.64. The standard InChI is InChI=1S/C11H21N3O3/c1-11(2,3)10(17)13-6-8(15)12-7-9(16)14(4)5/h6-7H2,1-5H3,(H,12,15)(H,13,17). The summed E-state index contributed by atoms with van der Waals surface area (Å²) >= 11 is 0. The van der Waals surface area contributed by atoms with E-state index < -0.39 is 5.41 Å². The largest absolute Gasteiger partial charge is 0.347 e. The fourth-order valence-electron chi connectivity index (χ4n) is 0.821. The Labute approximate surface area is 102 Å². The number of hydrogen-bond donors (Lipinski definition) is 2. The maximum atomic E-state index is 11.4. The predicted molar refractivity (Wildman–Crippen MR) is 64.2 cm³/mol. The zero-order valence-electron chi connectivity index (χ0n) is 11.1. The van der Waals surface area contributed by atoms with Crippen molar-refractivity contribution in [1.29, 1.82) is 0 Å². The zero-order valence-corrected chi connectivity index (χ0v) is 11.1. The van der Waals surface area contributed by atoms with E-state index in [-0.39, 0.29) is 30.8 Å². The van der Waals surface area contributed by atoms with E-state index in [1.165, 1.54) is 4.90 Å². The molecule has 0 aromatic carbocycles. The number of amides is 3. The number of nitrogens with zero attached hydrogens (tertiary/aromatic N) is 1. The summed E-state index contributed by atoms with van der Waals surface area (Å²) in [5.41, 5.74) is -0.528. The van der Waals surface area contributed by atoms with E-state index in [9.17, 15) is 14.4 Å². The van der Waals surface area contributed by atoms with Gasteiger partial charge in [0.05, 0.1) is 13.1 Å². The molecule has 6 nitrogen and oxygen atoms in total.